The summed E-state index contributed by atoms with van der Waals surface area (Å²) in [5.74, 6) is 0.767. The number of ether oxygens (including phenoxy) is 1. The second kappa shape index (κ2) is 9.13. The van der Waals surface area contributed by atoms with Crippen LogP contribution in [0.1, 0.15) is 29.4 Å². The number of hydrazone groups is 1. The molecule has 0 saturated heterocycles. The van der Waals surface area contributed by atoms with Gasteiger partial charge in [-0.15, -0.1) is 0 Å². The van der Waals surface area contributed by atoms with E-state index >= 15 is 0 Å². The number of benzene rings is 2. The quantitative estimate of drug-likeness (QED) is 0.280. The Labute approximate surface area is 182 Å². The lowest BCUT2D eigenvalue weighted by Gasteiger charge is -2.11. The predicted octanol–water partition coefficient (Wildman–Crippen LogP) is 5.87. The van der Waals surface area contributed by atoms with E-state index in [-0.39, 0.29) is 5.69 Å². The first-order valence-electron chi connectivity index (χ1n) is 9.68. The van der Waals surface area contributed by atoms with Gasteiger partial charge in [0, 0.05) is 28.7 Å². The van der Waals surface area contributed by atoms with Gasteiger partial charge in [-0.3, -0.25) is 15.5 Å². The van der Waals surface area contributed by atoms with Gasteiger partial charge >= 0.3 is 6.18 Å². The average molecular weight is 446 g/mol. The van der Waals surface area contributed by atoms with Gasteiger partial charge in [0.1, 0.15) is 11.4 Å². The molecule has 0 unspecified atom stereocenters. The summed E-state index contributed by atoms with van der Waals surface area (Å²) >= 11 is 0. The van der Waals surface area contributed by atoms with Gasteiger partial charge in [-0.25, -0.2) is 0 Å². The number of anilines is 1. The van der Waals surface area contributed by atoms with Crippen molar-refractivity contribution >= 4 is 17.6 Å². The highest BCUT2D eigenvalue weighted by Gasteiger charge is 2.33. The summed E-state index contributed by atoms with van der Waals surface area (Å²) in [5, 5.41) is 15.2. The molecule has 10 heteroatoms. The number of alkyl halides is 3. The summed E-state index contributed by atoms with van der Waals surface area (Å²) in [7, 11) is 0. The molecular weight excluding hydrogens is 425 g/mol. The monoisotopic (exact) mass is 446 g/mol. The van der Waals surface area contributed by atoms with E-state index in [4.69, 9.17) is 4.74 Å². The summed E-state index contributed by atoms with van der Waals surface area (Å²) in [6.07, 6.45) is -3.21. The van der Waals surface area contributed by atoms with Gasteiger partial charge in [0.2, 0.25) is 0 Å². The SMILES string of the molecule is CCOc1ccc(-n2c(C)cc(/C=N\Nc3ccc(C(F)(F)F)cc3[N+](=O)[O-])c2C)cc1. The minimum absolute atomic E-state index is 0.139. The molecule has 0 radical (unpaired) electrons. The highest BCUT2D eigenvalue weighted by atomic mass is 19.4. The van der Waals surface area contributed by atoms with Crippen LogP contribution in [0.2, 0.25) is 0 Å². The molecule has 0 saturated carbocycles. The van der Waals surface area contributed by atoms with E-state index in [1.807, 2.05) is 55.7 Å². The number of rotatable bonds is 7. The van der Waals surface area contributed by atoms with Crippen molar-refractivity contribution in [3.05, 3.63) is 81.2 Å². The van der Waals surface area contributed by atoms with Crippen LogP contribution in [0, 0.1) is 24.0 Å². The maximum atomic E-state index is 12.8. The molecule has 3 aromatic rings. The molecular formula is C22H21F3N4O3. The third kappa shape index (κ3) is 4.90. The number of nitrogens with one attached hydrogen (secondary N) is 1. The number of hydrogen-bond acceptors (Lipinski definition) is 5. The summed E-state index contributed by atoms with van der Waals surface area (Å²) in [6.45, 7) is 6.30. The number of nitrogens with zero attached hydrogens (tertiary/aromatic N) is 3. The zero-order valence-electron chi connectivity index (χ0n) is 17.6. The average Bonchev–Trinajstić information content (AvgIpc) is 3.01. The number of nitro groups is 1. The lowest BCUT2D eigenvalue weighted by atomic mass is 10.1. The molecule has 2 aromatic carbocycles. The third-order valence-corrected chi connectivity index (χ3v) is 4.79. The first-order valence-corrected chi connectivity index (χ1v) is 9.68. The van der Waals surface area contributed by atoms with E-state index < -0.39 is 22.4 Å². The molecule has 0 amide bonds. The molecule has 0 aliphatic rings. The van der Waals surface area contributed by atoms with Crippen LogP contribution in [-0.2, 0) is 6.18 Å². The molecule has 7 nitrogen and oxygen atoms in total. The Morgan fingerprint density at radius 1 is 1.16 bits per heavy atom. The van der Waals surface area contributed by atoms with Gasteiger partial charge in [0.15, 0.2) is 0 Å². The molecule has 1 heterocycles. The standard InChI is InChI=1S/C22H21F3N4O3/c1-4-32-19-8-6-18(7-9-19)28-14(2)11-16(15(28)3)13-26-27-20-10-5-17(22(23,24)25)12-21(20)29(30)31/h5-13,27H,4H2,1-3H3/b26-13-. The maximum absolute atomic E-state index is 12.8. The second-order valence-electron chi connectivity index (χ2n) is 6.95. The first kappa shape index (κ1) is 22.9. The van der Waals surface area contributed by atoms with Crippen LogP contribution in [0.3, 0.4) is 0 Å². The fraction of sp³-hybridized carbons (Fsp3) is 0.227. The van der Waals surface area contributed by atoms with Gasteiger partial charge in [0.05, 0.1) is 23.3 Å². The molecule has 1 aromatic heterocycles. The first-order chi connectivity index (χ1) is 15.1. The normalized spacial score (nSPS) is 11.7. The zero-order chi connectivity index (χ0) is 23.5. The van der Waals surface area contributed by atoms with Gasteiger partial charge in [0.25, 0.3) is 5.69 Å². The largest absolute Gasteiger partial charge is 0.494 e. The lowest BCUT2D eigenvalue weighted by molar-refractivity contribution is -0.384. The van der Waals surface area contributed by atoms with E-state index in [0.717, 1.165) is 40.5 Å². The molecule has 0 atom stereocenters. The minimum atomic E-state index is -4.68. The summed E-state index contributed by atoms with van der Waals surface area (Å²) in [6, 6.07) is 11.7. The molecule has 168 valence electrons. The van der Waals surface area contributed by atoms with Crippen LogP contribution in [0.15, 0.2) is 53.6 Å². The summed E-state index contributed by atoms with van der Waals surface area (Å²) in [5.41, 5.74) is 4.01. The van der Waals surface area contributed by atoms with Crippen molar-refractivity contribution in [1.82, 2.24) is 4.57 Å². The van der Waals surface area contributed by atoms with Crippen molar-refractivity contribution in [1.29, 1.82) is 0 Å². The van der Waals surface area contributed by atoms with E-state index in [1.165, 1.54) is 6.21 Å². The highest BCUT2D eigenvalue weighted by Crippen LogP contribution is 2.35. The van der Waals surface area contributed by atoms with Gasteiger partial charge in [-0.05, 0) is 63.2 Å². The maximum Gasteiger partial charge on any atom is 0.416 e. The molecule has 0 fully saturated rings. The number of hydrogen-bond donors (Lipinski definition) is 1. The molecule has 0 aliphatic carbocycles. The fourth-order valence-corrected chi connectivity index (χ4v) is 3.30. The highest BCUT2D eigenvalue weighted by molar-refractivity contribution is 5.83. The smallest absolute Gasteiger partial charge is 0.416 e. The van der Waals surface area contributed by atoms with Crippen LogP contribution >= 0.6 is 0 Å². The number of halogens is 3. The molecule has 0 bridgehead atoms. The second-order valence-corrected chi connectivity index (χ2v) is 6.95. The van der Waals surface area contributed by atoms with Crippen LogP contribution in [-0.4, -0.2) is 22.3 Å². The molecule has 3 rings (SSSR count). The van der Waals surface area contributed by atoms with Crippen LogP contribution in [0.25, 0.3) is 5.69 Å². The Bertz CT molecular complexity index is 1150. The number of aryl methyl sites for hydroxylation is 1. The minimum Gasteiger partial charge on any atom is -0.494 e. The van der Waals surface area contributed by atoms with E-state index in [9.17, 15) is 23.3 Å². The van der Waals surface area contributed by atoms with Crippen molar-refractivity contribution in [2.75, 3.05) is 12.0 Å². The topological polar surface area (TPSA) is 81.7 Å². The van der Waals surface area contributed by atoms with Gasteiger partial charge in [-0.2, -0.15) is 18.3 Å². The fourth-order valence-electron chi connectivity index (χ4n) is 3.30. The van der Waals surface area contributed by atoms with Gasteiger partial charge in [-0.1, -0.05) is 0 Å². The Balaban J connectivity index is 1.84. The Hall–Kier alpha value is -3.82. The van der Waals surface area contributed by atoms with Gasteiger partial charge < -0.3 is 9.30 Å². The Morgan fingerprint density at radius 2 is 1.84 bits per heavy atom. The number of nitro benzene ring substituents is 1. The van der Waals surface area contributed by atoms with Crippen molar-refractivity contribution in [2.45, 2.75) is 26.9 Å². The van der Waals surface area contributed by atoms with Crippen molar-refractivity contribution < 1.29 is 22.8 Å². The predicted molar refractivity (Wildman–Crippen MR) is 116 cm³/mol. The van der Waals surface area contributed by atoms with E-state index in [2.05, 4.69) is 10.5 Å². The van der Waals surface area contributed by atoms with Crippen molar-refractivity contribution in [3.63, 3.8) is 0 Å². The van der Waals surface area contributed by atoms with Crippen molar-refractivity contribution in [3.8, 4) is 11.4 Å². The Kier molecular flexibility index (Phi) is 6.52. The van der Waals surface area contributed by atoms with Crippen LogP contribution in [0.5, 0.6) is 5.75 Å². The van der Waals surface area contributed by atoms with Crippen LogP contribution in [0.4, 0.5) is 24.5 Å². The van der Waals surface area contributed by atoms with Crippen LogP contribution < -0.4 is 10.2 Å². The molecule has 0 aliphatic heterocycles. The zero-order valence-corrected chi connectivity index (χ0v) is 17.6. The summed E-state index contributed by atoms with van der Waals surface area (Å²) < 4.78 is 46.0. The molecule has 32 heavy (non-hydrogen) atoms. The van der Waals surface area contributed by atoms with Crippen molar-refractivity contribution in [2.24, 2.45) is 5.10 Å². The summed E-state index contributed by atoms with van der Waals surface area (Å²) in [4.78, 5) is 10.3. The van der Waals surface area contributed by atoms with E-state index in [0.29, 0.717) is 12.7 Å². The van der Waals surface area contributed by atoms with E-state index in [1.54, 1.807) is 0 Å². The third-order valence-electron chi connectivity index (χ3n) is 4.79. The Morgan fingerprint density at radius 3 is 2.44 bits per heavy atom. The number of aromatic nitrogens is 1. The molecule has 1 N–H and O–H groups in total. The lowest BCUT2D eigenvalue weighted by Crippen LogP contribution is -2.06. The molecule has 0 spiro atoms.